The van der Waals surface area contributed by atoms with Crippen LogP contribution in [0.5, 0.6) is 0 Å². The van der Waals surface area contributed by atoms with E-state index in [0.29, 0.717) is 6.04 Å². The first kappa shape index (κ1) is 15.9. The van der Waals surface area contributed by atoms with Crippen molar-refractivity contribution in [3.8, 4) is 0 Å². The van der Waals surface area contributed by atoms with Crippen LogP contribution in [0, 0.1) is 5.92 Å². The number of sulfonamides is 1. The van der Waals surface area contributed by atoms with Crippen LogP contribution >= 0.6 is 0 Å². The number of benzene rings is 1. The summed E-state index contributed by atoms with van der Waals surface area (Å²) in [6.45, 7) is 5.69. The minimum atomic E-state index is -3.61. The summed E-state index contributed by atoms with van der Waals surface area (Å²) in [6.07, 6.45) is 4.00. The third-order valence-electron chi connectivity index (χ3n) is 4.68. The molecule has 5 nitrogen and oxygen atoms in total. The number of likely N-dealkylation sites (tertiary alicyclic amines) is 1. The van der Waals surface area contributed by atoms with E-state index < -0.39 is 10.0 Å². The van der Waals surface area contributed by atoms with E-state index in [1.54, 1.807) is 12.1 Å². The molecule has 0 spiro atoms. The topological polar surface area (TPSA) is 75.4 Å². The Bertz CT molecular complexity index is 611. The van der Waals surface area contributed by atoms with Gasteiger partial charge in [-0.1, -0.05) is 12.1 Å². The Morgan fingerprint density at radius 2 is 1.95 bits per heavy atom. The molecule has 0 aromatic heterocycles. The molecule has 1 aromatic rings. The number of hydrogen-bond donors (Lipinski definition) is 2. The van der Waals surface area contributed by atoms with Gasteiger partial charge in [0.05, 0.1) is 4.90 Å². The summed E-state index contributed by atoms with van der Waals surface area (Å²) in [5.41, 5.74) is 1.09. The van der Waals surface area contributed by atoms with Crippen molar-refractivity contribution in [2.24, 2.45) is 11.1 Å². The zero-order valence-electron chi connectivity index (χ0n) is 13.0. The summed E-state index contributed by atoms with van der Waals surface area (Å²) in [4.78, 5) is 2.73. The van der Waals surface area contributed by atoms with Gasteiger partial charge in [0.2, 0.25) is 10.0 Å². The molecular formula is C16H25N3O2S. The Labute approximate surface area is 132 Å². The molecule has 3 N–H and O–H groups in total. The van der Waals surface area contributed by atoms with Gasteiger partial charge in [-0.2, -0.15) is 0 Å². The van der Waals surface area contributed by atoms with Gasteiger partial charge in [-0.15, -0.1) is 0 Å². The molecule has 3 rings (SSSR count). The maximum absolute atomic E-state index is 11.3. The second-order valence-electron chi connectivity index (χ2n) is 6.69. The third-order valence-corrected chi connectivity index (χ3v) is 5.61. The lowest BCUT2D eigenvalue weighted by Gasteiger charge is -2.21. The molecule has 0 amide bonds. The van der Waals surface area contributed by atoms with Crippen molar-refractivity contribution in [1.82, 2.24) is 10.2 Å². The summed E-state index contributed by atoms with van der Waals surface area (Å²) >= 11 is 0. The minimum Gasteiger partial charge on any atom is -0.306 e. The highest BCUT2D eigenvalue weighted by Gasteiger charge is 2.29. The van der Waals surface area contributed by atoms with Crippen LogP contribution in [0.3, 0.4) is 0 Å². The Morgan fingerprint density at radius 3 is 2.55 bits per heavy atom. The van der Waals surface area contributed by atoms with E-state index in [2.05, 4.69) is 17.1 Å². The number of nitrogens with zero attached hydrogens (tertiary/aromatic N) is 1. The molecule has 0 radical (unpaired) electrons. The van der Waals surface area contributed by atoms with Crippen LogP contribution in [0.2, 0.25) is 0 Å². The smallest absolute Gasteiger partial charge is 0.238 e. The maximum atomic E-state index is 11.3. The predicted molar refractivity (Wildman–Crippen MR) is 86.9 cm³/mol. The van der Waals surface area contributed by atoms with Crippen LogP contribution in [0.25, 0.3) is 0 Å². The summed E-state index contributed by atoms with van der Waals surface area (Å²) in [5, 5.41) is 8.78. The zero-order valence-corrected chi connectivity index (χ0v) is 13.8. The molecule has 0 unspecified atom stereocenters. The minimum absolute atomic E-state index is 0.167. The molecule has 1 aromatic carbocycles. The number of nitrogens with two attached hydrogens (primary N) is 1. The van der Waals surface area contributed by atoms with Crippen LogP contribution in [0.1, 0.15) is 37.8 Å². The van der Waals surface area contributed by atoms with Gasteiger partial charge in [-0.25, -0.2) is 13.6 Å². The van der Waals surface area contributed by atoms with Crippen molar-refractivity contribution in [3.63, 3.8) is 0 Å². The fourth-order valence-corrected chi connectivity index (χ4v) is 3.71. The van der Waals surface area contributed by atoms with Crippen molar-refractivity contribution in [2.75, 3.05) is 19.6 Å². The first-order chi connectivity index (χ1) is 10.4. The molecule has 22 heavy (non-hydrogen) atoms. The van der Waals surface area contributed by atoms with Gasteiger partial charge in [0, 0.05) is 25.2 Å². The quantitative estimate of drug-likeness (QED) is 0.831. The van der Waals surface area contributed by atoms with Crippen LogP contribution in [0.15, 0.2) is 29.2 Å². The fraction of sp³-hybridized carbons (Fsp3) is 0.625. The average molecular weight is 323 g/mol. The molecule has 1 saturated heterocycles. The molecule has 1 heterocycles. The zero-order chi connectivity index (χ0) is 15.7. The summed E-state index contributed by atoms with van der Waals surface area (Å²) in [6, 6.07) is 7.57. The lowest BCUT2D eigenvalue weighted by molar-refractivity contribution is 0.310. The van der Waals surface area contributed by atoms with E-state index >= 15 is 0 Å². The SMILES string of the molecule is C[C@H](N[C@@H]1CCN(CC2CC2)C1)c1ccc(S(N)(=O)=O)cc1. The Kier molecular flexibility index (Phi) is 4.54. The van der Waals surface area contributed by atoms with Gasteiger partial charge >= 0.3 is 0 Å². The Morgan fingerprint density at radius 1 is 1.27 bits per heavy atom. The normalized spacial score (nSPS) is 24.5. The molecule has 1 aliphatic carbocycles. The van der Waals surface area contributed by atoms with Gasteiger partial charge in [-0.3, -0.25) is 0 Å². The molecule has 2 fully saturated rings. The van der Waals surface area contributed by atoms with E-state index in [-0.39, 0.29) is 10.9 Å². The van der Waals surface area contributed by atoms with Gasteiger partial charge in [0.1, 0.15) is 0 Å². The van der Waals surface area contributed by atoms with Crippen molar-refractivity contribution < 1.29 is 8.42 Å². The monoisotopic (exact) mass is 323 g/mol. The highest BCUT2D eigenvalue weighted by molar-refractivity contribution is 7.89. The van der Waals surface area contributed by atoms with E-state index in [1.165, 1.54) is 32.4 Å². The van der Waals surface area contributed by atoms with E-state index in [9.17, 15) is 8.42 Å². The van der Waals surface area contributed by atoms with Crippen LogP contribution < -0.4 is 10.5 Å². The number of rotatable bonds is 6. The second kappa shape index (κ2) is 6.28. The standard InChI is InChI=1S/C16H25N3O2S/c1-12(14-4-6-16(7-5-14)22(17,20)21)18-15-8-9-19(11-15)10-13-2-3-13/h4-7,12-13,15,18H,2-3,8-11H2,1H3,(H2,17,20,21)/t12-,15+/m0/s1. The fourth-order valence-electron chi connectivity index (χ4n) is 3.20. The number of nitrogens with one attached hydrogen (secondary N) is 1. The predicted octanol–water partition coefficient (Wildman–Crippen LogP) is 1.47. The van der Waals surface area contributed by atoms with Crippen molar-refractivity contribution in [3.05, 3.63) is 29.8 Å². The molecule has 122 valence electrons. The van der Waals surface area contributed by atoms with Crippen molar-refractivity contribution >= 4 is 10.0 Å². The highest BCUT2D eigenvalue weighted by Crippen LogP contribution is 2.31. The molecule has 2 atom stereocenters. The second-order valence-corrected chi connectivity index (χ2v) is 8.25. The van der Waals surface area contributed by atoms with Gasteiger partial charge in [-0.05, 0) is 56.3 Å². The van der Waals surface area contributed by atoms with Gasteiger partial charge in [0.15, 0.2) is 0 Å². The van der Waals surface area contributed by atoms with E-state index in [1.807, 2.05) is 12.1 Å². The molecule has 0 bridgehead atoms. The number of primary sulfonamides is 1. The Hall–Kier alpha value is -0.950. The summed E-state index contributed by atoms with van der Waals surface area (Å²) in [7, 11) is -3.61. The van der Waals surface area contributed by atoms with Crippen LogP contribution in [-0.2, 0) is 10.0 Å². The van der Waals surface area contributed by atoms with E-state index in [4.69, 9.17) is 5.14 Å². The first-order valence-corrected chi connectivity index (χ1v) is 9.57. The third kappa shape index (κ3) is 4.07. The number of hydrogen-bond acceptors (Lipinski definition) is 4. The van der Waals surface area contributed by atoms with Gasteiger partial charge < -0.3 is 10.2 Å². The summed E-state index contributed by atoms with van der Waals surface area (Å²) in [5.74, 6) is 0.946. The highest BCUT2D eigenvalue weighted by atomic mass is 32.2. The average Bonchev–Trinajstić information content (AvgIpc) is 3.17. The van der Waals surface area contributed by atoms with Crippen molar-refractivity contribution in [2.45, 2.75) is 43.2 Å². The molecule has 1 saturated carbocycles. The molecule has 6 heteroatoms. The van der Waals surface area contributed by atoms with Crippen LogP contribution in [0.4, 0.5) is 0 Å². The summed E-state index contributed by atoms with van der Waals surface area (Å²) < 4.78 is 22.6. The van der Waals surface area contributed by atoms with E-state index in [0.717, 1.165) is 18.0 Å². The maximum Gasteiger partial charge on any atom is 0.238 e. The molecule has 1 aliphatic heterocycles. The molecule has 2 aliphatic rings. The van der Waals surface area contributed by atoms with Crippen LogP contribution in [-0.4, -0.2) is 39.0 Å². The lowest BCUT2D eigenvalue weighted by Crippen LogP contribution is -2.34. The van der Waals surface area contributed by atoms with Crippen molar-refractivity contribution in [1.29, 1.82) is 0 Å². The largest absolute Gasteiger partial charge is 0.306 e. The molecular weight excluding hydrogens is 298 g/mol. The lowest BCUT2D eigenvalue weighted by atomic mass is 10.1. The Balaban J connectivity index is 1.54. The first-order valence-electron chi connectivity index (χ1n) is 8.03. The van der Waals surface area contributed by atoms with Gasteiger partial charge in [0.25, 0.3) is 0 Å².